The van der Waals surface area contributed by atoms with Crippen molar-refractivity contribution in [3.63, 3.8) is 0 Å². The van der Waals surface area contributed by atoms with Crippen LogP contribution in [0.4, 0.5) is 5.69 Å². The van der Waals surface area contributed by atoms with Crippen molar-refractivity contribution >= 4 is 22.9 Å². The van der Waals surface area contributed by atoms with E-state index in [0.717, 1.165) is 16.8 Å². The summed E-state index contributed by atoms with van der Waals surface area (Å²) < 4.78 is 5.18. The van der Waals surface area contributed by atoms with Gasteiger partial charge in [-0.05, 0) is 23.3 Å². The maximum atomic E-state index is 5.98. The number of methoxy groups -OCH3 is 1. The molecule has 2 rings (SSSR count). The molecule has 0 amide bonds. The van der Waals surface area contributed by atoms with Crippen molar-refractivity contribution in [1.29, 1.82) is 0 Å². The number of hydrogen-bond donors (Lipinski definition) is 1. The largest absolute Gasteiger partial charge is 0.495 e. The molecule has 0 aliphatic heterocycles. The molecule has 0 saturated carbocycles. The summed E-state index contributed by atoms with van der Waals surface area (Å²) in [5.74, 6) is 0.664. The van der Waals surface area contributed by atoms with E-state index in [9.17, 15) is 0 Å². The molecule has 0 spiro atoms. The lowest BCUT2D eigenvalue weighted by Gasteiger charge is -2.11. The third kappa shape index (κ3) is 3.52. The minimum Gasteiger partial charge on any atom is -0.495 e. The summed E-state index contributed by atoms with van der Waals surface area (Å²) in [6.07, 6.45) is 0. The Morgan fingerprint density at radius 3 is 2.63 bits per heavy atom. The quantitative estimate of drug-likeness (QED) is 0.868. The first-order valence-electron chi connectivity index (χ1n) is 6.01. The monoisotopic (exact) mass is 273 g/mol. The van der Waals surface area contributed by atoms with Gasteiger partial charge in [0.05, 0.1) is 12.1 Å². The number of halogens is 1. The highest BCUT2D eigenvalue weighted by Crippen LogP contribution is 2.27. The molecular weight excluding hydrogens is 258 g/mol. The lowest BCUT2D eigenvalue weighted by atomic mass is 10.1. The van der Waals surface area contributed by atoms with Gasteiger partial charge in [0.25, 0.3) is 0 Å². The number of benzene rings is 2. The van der Waals surface area contributed by atoms with Gasteiger partial charge < -0.3 is 10.1 Å². The van der Waals surface area contributed by atoms with Crippen LogP contribution in [0.25, 0.3) is 5.57 Å². The van der Waals surface area contributed by atoms with E-state index in [1.165, 1.54) is 0 Å². The molecule has 19 heavy (non-hydrogen) atoms. The summed E-state index contributed by atoms with van der Waals surface area (Å²) in [7, 11) is 1.61. The lowest BCUT2D eigenvalue weighted by molar-refractivity contribution is 0.415. The van der Waals surface area contributed by atoms with Crippen LogP contribution in [-0.4, -0.2) is 13.7 Å². The van der Waals surface area contributed by atoms with Crippen molar-refractivity contribution in [2.24, 2.45) is 0 Å². The maximum absolute atomic E-state index is 5.98. The van der Waals surface area contributed by atoms with Gasteiger partial charge in [0, 0.05) is 18.3 Å². The normalized spacial score (nSPS) is 10.0. The van der Waals surface area contributed by atoms with Gasteiger partial charge in [-0.15, -0.1) is 0 Å². The minimum absolute atomic E-state index is 0.606. The fourth-order valence-corrected chi connectivity index (χ4v) is 1.95. The maximum Gasteiger partial charge on any atom is 0.139 e. The van der Waals surface area contributed by atoms with E-state index in [1.54, 1.807) is 7.11 Å². The van der Waals surface area contributed by atoms with Crippen molar-refractivity contribution in [2.45, 2.75) is 0 Å². The van der Waals surface area contributed by atoms with Crippen molar-refractivity contribution in [3.05, 3.63) is 65.7 Å². The van der Waals surface area contributed by atoms with Crippen LogP contribution in [0.3, 0.4) is 0 Å². The first-order chi connectivity index (χ1) is 9.20. The van der Waals surface area contributed by atoms with Crippen LogP contribution < -0.4 is 10.1 Å². The van der Waals surface area contributed by atoms with Gasteiger partial charge in [0.2, 0.25) is 0 Å². The average Bonchev–Trinajstić information content (AvgIpc) is 2.47. The number of anilines is 1. The Labute approximate surface area is 118 Å². The SMILES string of the molecule is C=C(CNc1ccc(Cl)c(OC)c1)c1ccccc1. The van der Waals surface area contributed by atoms with Gasteiger partial charge in [0.1, 0.15) is 5.75 Å². The summed E-state index contributed by atoms with van der Waals surface area (Å²) in [6.45, 7) is 4.76. The molecule has 3 heteroatoms. The van der Waals surface area contributed by atoms with Crippen molar-refractivity contribution in [3.8, 4) is 5.75 Å². The van der Waals surface area contributed by atoms with Gasteiger partial charge in [-0.1, -0.05) is 48.5 Å². The Morgan fingerprint density at radius 2 is 1.95 bits per heavy atom. The fourth-order valence-electron chi connectivity index (χ4n) is 1.75. The summed E-state index contributed by atoms with van der Waals surface area (Å²) in [6, 6.07) is 15.7. The van der Waals surface area contributed by atoms with Gasteiger partial charge in [-0.3, -0.25) is 0 Å². The highest BCUT2D eigenvalue weighted by atomic mass is 35.5. The molecular formula is C16H16ClNO. The molecule has 0 unspecified atom stereocenters. The Balaban J connectivity index is 2.01. The summed E-state index contributed by atoms with van der Waals surface area (Å²) in [5.41, 5.74) is 3.13. The van der Waals surface area contributed by atoms with Crippen LogP contribution in [-0.2, 0) is 0 Å². The van der Waals surface area contributed by atoms with E-state index in [2.05, 4.69) is 11.9 Å². The topological polar surface area (TPSA) is 21.3 Å². The standard InChI is InChI=1S/C16H16ClNO/c1-12(13-6-4-3-5-7-13)11-18-14-8-9-15(17)16(10-14)19-2/h3-10,18H,1,11H2,2H3. The summed E-state index contributed by atoms with van der Waals surface area (Å²) in [4.78, 5) is 0. The summed E-state index contributed by atoms with van der Waals surface area (Å²) >= 11 is 5.98. The molecule has 0 bridgehead atoms. The second-order valence-corrected chi connectivity index (χ2v) is 4.58. The third-order valence-electron chi connectivity index (χ3n) is 2.84. The number of ether oxygens (including phenoxy) is 1. The zero-order valence-electron chi connectivity index (χ0n) is 10.8. The molecule has 0 atom stereocenters. The van der Waals surface area contributed by atoms with E-state index in [4.69, 9.17) is 16.3 Å². The Hall–Kier alpha value is -1.93. The Morgan fingerprint density at radius 1 is 1.21 bits per heavy atom. The fraction of sp³-hybridized carbons (Fsp3) is 0.125. The van der Waals surface area contributed by atoms with Gasteiger partial charge in [-0.25, -0.2) is 0 Å². The number of rotatable bonds is 5. The zero-order valence-corrected chi connectivity index (χ0v) is 11.6. The van der Waals surface area contributed by atoms with Gasteiger partial charge >= 0.3 is 0 Å². The van der Waals surface area contributed by atoms with E-state index in [-0.39, 0.29) is 0 Å². The molecule has 2 nitrogen and oxygen atoms in total. The first-order valence-corrected chi connectivity index (χ1v) is 6.39. The van der Waals surface area contributed by atoms with E-state index >= 15 is 0 Å². The van der Waals surface area contributed by atoms with Crippen LogP contribution in [0, 0.1) is 0 Å². The van der Waals surface area contributed by atoms with Crippen LogP contribution >= 0.6 is 11.6 Å². The van der Waals surface area contributed by atoms with Crippen molar-refractivity contribution < 1.29 is 4.74 Å². The number of nitrogens with one attached hydrogen (secondary N) is 1. The van der Waals surface area contributed by atoms with Crippen LogP contribution in [0.15, 0.2) is 55.1 Å². The van der Waals surface area contributed by atoms with Gasteiger partial charge in [0.15, 0.2) is 0 Å². The molecule has 98 valence electrons. The molecule has 0 fully saturated rings. The molecule has 0 radical (unpaired) electrons. The predicted octanol–water partition coefficient (Wildman–Crippen LogP) is 4.47. The Bertz CT molecular complexity index is 566. The first kappa shape index (κ1) is 13.5. The van der Waals surface area contributed by atoms with Crippen LogP contribution in [0.2, 0.25) is 5.02 Å². The molecule has 1 N–H and O–H groups in total. The van der Waals surface area contributed by atoms with E-state index in [0.29, 0.717) is 17.3 Å². The molecule has 0 aliphatic carbocycles. The third-order valence-corrected chi connectivity index (χ3v) is 3.15. The highest BCUT2D eigenvalue weighted by molar-refractivity contribution is 6.32. The zero-order chi connectivity index (χ0) is 13.7. The van der Waals surface area contributed by atoms with Crippen molar-refractivity contribution in [1.82, 2.24) is 0 Å². The smallest absolute Gasteiger partial charge is 0.139 e. The number of hydrogen-bond acceptors (Lipinski definition) is 2. The highest BCUT2D eigenvalue weighted by Gasteiger charge is 2.03. The molecule has 2 aromatic rings. The molecule has 0 aromatic heterocycles. The van der Waals surface area contributed by atoms with Crippen LogP contribution in [0.5, 0.6) is 5.75 Å². The second kappa shape index (κ2) is 6.30. The Kier molecular flexibility index (Phi) is 4.48. The molecule has 0 heterocycles. The van der Waals surface area contributed by atoms with E-state index in [1.807, 2.05) is 48.5 Å². The molecule has 0 saturated heterocycles. The lowest BCUT2D eigenvalue weighted by Crippen LogP contribution is -2.03. The van der Waals surface area contributed by atoms with E-state index < -0.39 is 0 Å². The molecule has 2 aromatic carbocycles. The van der Waals surface area contributed by atoms with Crippen LogP contribution in [0.1, 0.15) is 5.56 Å². The average molecular weight is 274 g/mol. The minimum atomic E-state index is 0.606. The second-order valence-electron chi connectivity index (χ2n) is 4.17. The summed E-state index contributed by atoms with van der Waals surface area (Å²) in [5, 5.41) is 3.91. The van der Waals surface area contributed by atoms with Gasteiger partial charge in [-0.2, -0.15) is 0 Å². The molecule has 0 aliphatic rings. The predicted molar refractivity (Wildman–Crippen MR) is 82.0 cm³/mol. The van der Waals surface area contributed by atoms with Crippen molar-refractivity contribution in [2.75, 3.05) is 19.0 Å².